The zero-order valence-corrected chi connectivity index (χ0v) is 12.4. The van der Waals surface area contributed by atoms with Crippen molar-refractivity contribution in [1.82, 2.24) is 24.6 Å². The molecule has 0 unspecified atom stereocenters. The SMILES string of the molecule is CSc1nc2c(c(=O)[nH]1)CN(Cc1ccnn1C)CC2. The van der Waals surface area contributed by atoms with Gasteiger partial charge in [0.25, 0.3) is 5.56 Å². The molecule has 0 spiro atoms. The number of nitrogens with zero attached hydrogens (tertiary/aromatic N) is 4. The predicted octanol–water partition coefficient (Wildman–Crippen LogP) is 0.784. The molecule has 20 heavy (non-hydrogen) atoms. The van der Waals surface area contributed by atoms with Crippen molar-refractivity contribution in [1.29, 1.82) is 0 Å². The van der Waals surface area contributed by atoms with Crippen LogP contribution in [0.2, 0.25) is 0 Å². The maximum absolute atomic E-state index is 12.1. The van der Waals surface area contributed by atoms with Crippen LogP contribution >= 0.6 is 11.8 Å². The molecule has 0 aliphatic carbocycles. The highest BCUT2D eigenvalue weighted by atomic mass is 32.2. The van der Waals surface area contributed by atoms with Crippen LogP contribution in [0, 0.1) is 0 Å². The normalized spacial score (nSPS) is 15.3. The second-order valence-corrected chi connectivity index (χ2v) is 5.70. The van der Waals surface area contributed by atoms with Crippen LogP contribution in [0.15, 0.2) is 22.2 Å². The molecule has 3 rings (SSSR count). The van der Waals surface area contributed by atoms with E-state index in [9.17, 15) is 4.79 Å². The molecular weight excluding hydrogens is 274 g/mol. The van der Waals surface area contributed by atoms with Crippen molar-refractivity contribution in [3.05, 3.63) is 39.6 Å². The second-order valence-electron chi connectivity index (χ2n) is 4.91. The molecular formula is C13H17N5OS. The third kappa shape index (κ3) is 2.51. The van der Waals surface area contributed by atoms with Gasteiger partial charge in [-0.3, -0.25) is 14.4 Å². The average Bonchev–Trinajstić information content (AvgIpc) is 2.85. The maximum atomic E-state index is 12.1. The lowest BCUT2D eigenvalue weighted by Gasteiger charge is -2.27. The van der Waals surface area contributed by atoms with Crippen LogP contribution in [0.25, 0.3) is 0 Å². The number of nitrogens with one attached hydrogen (secondary N) is 1. The van der Waals surface area contributed by atoms with Crippen LogP contribution in [-0.2, 0) is 26.6 Å². The van der Waals surface area contributed by atoms with Crippen LogP contribution in [0.4, 0.5) is 0 Å². The largest absolute Gasteiger partial charge is 0.301 e. The molecule has 0 radical (unpaired) electrons. The van der Waals surface area contributed by atoms with Gasteiger partial charge in [-0.2, -0.15) is 5.10 Å². The summed E-state index contributed by atoms with van der Waals surface area (Å²) in [5, 5.41) is 4.88. The van der Waals surface area contributed by atoms with Gasteiger partial charge in [0.15, 0.2) is 5.16 Å². The van der Waals surface area contributed by atoms with Crippen molar-refractivity contribution in [3.63, 3.8) is 0 Å². The Morgan fingerprint density at radius 1 is 1.50 bits per heavy atom. The Kier molecular flexibility index (Phi) is 3.62. The number of thioether (sulfide) groups is 1. The van der Waals surface area contributed by atoms with E-state index in [4.69, 9.17) is 0 Å². The molecule has 106 valence electrons. The van der Waals surface area contributed by atoms with E-state index in [2.05, 4.69) is 20.0 Å². The van der Waals surface area contributed by atoms with E-state index in [1.807, 2.05) is 24.1 Å². The van der Waals surface area contributed by atoms with E-state index in [1.165, 1.54) is 11.8 Å². The number of aryl methyl sites for hydroxylation is 1. The standard InChI is InChI=1S/C13H17N5OS/c1-17-9(3-5-14-17)7-18-6-4-11-10(8-18)12(19)16-13(15-11)20-2/h3,5H,4,6-8H2,1-2H3,(H,15,16,19). The summed E-state index contributed by atoms with van der Waals surface area (Å²) in [6.45, 7) is 2.37. The number of H-pyrrole nitrogens is 1. The third-order valence-corrected chi connectivity index (χ3v) is 4.21. The predicted molar refractivity (Wildman–Crippen MR) is 77.7 cm³/mol. The van der Waals surface area contributed by atoms with E-state index < -0.39 is 0 Å². The molecule has 0 atom stereocenters. The topological polar surface area (TPSA) is 66.8 Å². The number of hydrogen-bond acceptors (Lipinski definition) is 5. The minimum absolute atomic E-state index is 0.00550. The monoisotopic (exact) mass is 291 g/mol. The molecule has 0 fully saturated rings. The third-order valence-electron chi connectivity index (χ3n) is 3.63. The average molecular weight is 291 g/mol. The molecule has 0 aromatic carbocycles. The quantitative estimate of drug-likeness (QED) is 0.669. The van der Waals surface area contributed by atoms with Gasteiger partial charge in [-0.1, -0.05) is 11.8 Å². The van der Waals surface area contributed by atoms with Gasteiger partial charge in [-0.15, -0.1) is 0 Å². The summed E-state index contributed by atoms with van der Waals surface area (Å²) >= 11 is 1.47. The van der Waals surface area contributed by atoms with Crippen LogP contribution < -0.4 is 5.56 Å². The summed E-state index contributed by atoms with van der Waals surface area (Å²) in [5.41, 5.74) is 2.89. The fourth-order valence-electron chi connectivity index (χ4n) is 2.48. The van der Waals surface area contributed by atoms with Crippen LogP contribution in [0.5, 0.6) is 0 Å². The molecule has 1 N–H and O–H groups in total. The number of rotatable bonds is 3. The van der Waals surface area contributed by atoms with E-state index in [1.54, 1.807) is 6.20 Å². The Morgan fingerprint density at radius 2 is 2.35 bits per heavy atom. The first-order chi connectivity index (χ1) is 9.67. The first-order valence-electron chi connectivity index (χ1n) is 6.52. The molecule has 1 aliphatic rings. The van der Waals surface area contributed by atoms with E-state index in [0.29, 0.717) is 11.7 Å². The first kappa shape index (κ1) is 13.4. The van der Waals surface area contributed by atoms with Crippen molar-refractivity contribution in [2.75, 3.05) is 12.8 Å². The van der Waals surface area contributed by atoms with Crippen LogP contribution in [0.3, 0.4) is 0 Å². The Bertz CT molecular complexity index is 678. The van der Waals surface area contributed by atoms with E-state index in [-0.39, 0.29) is 5.56 Å². The fraction of sp³-hybridized carbons (Fsp3) is 0.462. The zero-order chi connectivity index (χ0) is 14.1. The number of fused-ring (bicyclic) bond motifs is 1. The molecule has 0 saturated carbocycles. The Hall–Kier alpha value is -1.60. The smallest absolute Gasteiger partial charge is 0.256 e. The summed E-state index contributed by atoms with van der Waals surface area (Å²) in [6, 6.07) is 2.01. The van der Waals surface area contributed by atoms with Gasteiger partial charge in [0, 0.05) is 39.3 Å². The molecule has 3 heterocycles. The maximum Gasteiger partial charge on any atom is 0.256 e. The van der Waals surface area contributed by atoms with Crippen molar-refractivity contribution in [2.45, 2.75) is 24.7 Å². The molecule has 6 nitrogen and oxygen atoms in total. The summed E-state index contributed by atoms with van der Waals surface area (Å²) in [6.07, 6.45) is 4.54. The number of aromatic nitrogens is 4. The Labute approximate surface area is 121 Å². The van der Waals surface area contributed by atoms with Gasteiger partial charge in [0.05, 0.1) is 17.0 Å². The first-order valence-corrected chi connectivity index (χ1v) is 7.75. The Balaban J connectivity index is 1.82. The zero-order valence-electron chi connectivity index (χ0n) is 11.6. The van der Waals surface area contributed by atoms with Gasteiger partial charge in [0.1, 0.15) is 0 Å². The summed E-state index contributed by atoms with van der Waals surface area (Å²) in [5.74, 6) is 0. The van der Waals surface area contributed by atoms with Crippen molar-refractivity contribution < 1.29 is 0 Å². The fourth-order valence-corrected chi connectivity index (χ4v) is 2.87. The van der Waals surface area contributed by atoms with Crippen molar-refractivity contribution in [3.8, 4) is 0 Å². The minimum atomic E-state index is -0.00550. The molecule has 0 amide bonds. The Morgan fingerprint density at radius 3 is 3.05 bits per heavy atom. The number of aromatic amines is 1. The molecule has 0 bridgehead atoms. The molecule has 2 aromatic heterocycles. The van der Waals surface area contributed by atoms with E-state index in [0.717, 1.165) is 36.5 Å². The lowest BCUT2D eigenvalue weighted by atomic mass is 10.1. The van der Waals surface area contributed by atoms with Gasteiger partial charge in [-0.05, 0) is 12.3 Å². The van der Waals surface area contributed by atoms with Gasteiger partial charge >= 0.3 is 0 Å². The summed E-state index contributed by atoms with van der Waals surface area (Å²) in [7, 11) is 1.94. The van der Waals surface area contributed by atoms with Crippen molar-refractivity contribution >= 4 is 11.8 Å². The second kappa shape index (κ2) is 5.41. The molecule has 2 aromatic rings. The van der Waals surface area contributed by atoms with Gasteiger partial charge in [-0.25, -0.2) is 4.98 Å². The van der Waals surface area contributed by atoms with Crippen LogP contribution in [-0.4, -0.2) is 37.4 Å². The lowest BCUT2D eigenvalue weighted by molar-refractivity contribution is 0.235. The lowest BCUT2D eigenvalue weighted by Crippen LogP contribution is -2.35. The summed E-state index contributed by atoms with van der Waals surface area (Å²) in [4.78, 5) is 21.7. The highest BCUT2D eigenvalue weighted by Gasteiger charge is 2.21. The molecule has 7 heteroatoms. The van der Waals surface area contributed by atoms with Crippen LogP contribution in [0.1, 0.15) is 17.0 Å². The van der Waals surface area contributed by atoms with Crippen molar-refractivity contribution in [2.24, 2.45) is 7.05 Å². The van der Waals surface area contributed by atoms with Gasteiger partial charge < -0.3 is 4.98 Å². The minimum Gasteiger partial charge on any atom is -0.301 e. The molecule has 1 aliphatic heterocycles. The summed E-state index contributed by atoms with van der Waals surface area (Å²) < 4.78 is 1.87. The highest BCUT2D eigenvalue weighted by Crippen LogP contribution is 2.18. The highest BCUT2D eigenvalue weighted by molar-refractivity contribution is 7.98. The van der Waals surface area contributed by atoms with Gasteiger partial charge in [0.2, 0.25) is 0 Å². The molecule has 0 saturated heterocycles. The number of hydrogen-bond donors (Lipinski definition) is 1. The van der Waals surface area contributed by atoms with E-state index >= 15 is 0 Å².